The number of rotatable bonds is 5. The Kier molecular flexibility index (Phi) is 4.19. The van der Waals surface area contributed by atoms with Crippen molar-refractivity contribution in [2.45, 2.75) is 24.1 Å². The quantitative estimate of drug-likeness (QED) is 0.403. The third-order valence-electron chi connectivity index (χ3n) is 3.91. The second-order valence-electron chi connectivity index (χ2n) is 5.54. The van der Waals surface area contributed by atoms with Gasteiger partial charge in [-0.25, -0.2) is 9.97 Å². The number of thioether (sulfide) groups is 1. The standard InChI is InChI=1S/C17H16N6OS/c1-3-11-4-6-12(7-5-11)15-21-14(24-22-15)9-25-17-13-8-20-23(2)16(13)18-10-19-17/h4-8,10H,3,9H2,1-2H3. The molecule has 0 spiro atoms. The molecule has 1 aromatic carbocycles. The largest absolute Gasteiger partial charge is 0.338 e. The molecule has 0 bridgehead atoms. The van der Waals surface area contributed by atoms with Gasteiger partial charge in [0, 0.05) is 12.6 Å². The molecule has 0 aliphatic rings. The van der Waals surface area contributed by atoms with E-state index in [9.17, 15) is 0 Å². The number of nitrogens with zero attached hydrogens (tertiary/aromatic N) is 6. The summed E-state index contributed by atoms with van der Waals surface area (Å²) in [5, 5.41) is 10.1. The molecule has 0 saturated heterocycles. The zero-order valence-corrected chi connectivity index (χ0v) is 14.7. The molecule has 0 atom stereocenters. The molecule has 8 heteroatoms. The van der Waals surface area contributed by atoms with Crippen molar-refractivity contribution in [3.8, 4) is 11.4 Å². The van der Waals surface area contributed by atoms with Gasteiger partial charge in [-0.1, -0.05) is 48.1 Å². The van der Waals surface area contributed by atoms with E-state index < -0.39 is 0 Å². The maximum atomic E-state index is 5.37. The van der Waals surface area contributed by atoms with E-state index >= 15 is 0 Å². The minimum absolute atomic E-state index is 0.543. The van der Waals surface area contributed by atoms with Gasteiger partial charge in [-0.3, -0.25) is 4.68 Å². The predicted octanol–water partition coefficient (Wildman–Crippen LogP) is 3.27. The molecule has 0 radical (unpaired) electrons. The van der Waals surface area contributed by atoms with Crippen LogP contribution in [0.25, 0.3) is 22.4 Å². The van der Waals surface area contributed by atoms with E-state index in [1.165, 1.54) is 17.3 Å². The van der Waals surface area contributed by atoms with Crippen LogP contribution >= 0.6 is 11.8 Å². The first-order valence-corrected chi connectivity index (χ1v) is 8.90. The minimum Gasteiger partial charge on any atom is -0.338 e. The van der Waals surface area contributed by atoms with Gasteiger partial charge in [-0.15, -0.1) is 0 Å². The molecule has 0 aliphatic heterocycles. The van der Waals surface area contributed by atoms with Crippen LogP contribution in [0, 0.1) is 0 Å². The van der Waals surface area contributed by atoms with Crippen LogP contribution in [0.1, 0.15) is 18.4 Å². The van der Waals surface area contributed by atoms with Crippen molar-refractivity contribution in [2.75, 3.05) is 0 Å². The maximum absolute atomic E-state index is 5.37. The molecule has 0 fully saturated rings. The summed E-state index contributed by atoms with van der Waals surface area (Å²) in [6.07, 6.45) is 4.32. The SMILES string of the molecule is CCc1ccc(-c2noc(CSc3ncnc4c3cnn4C)n2)cc1. The normalized spacial score (nSPS) is 11.3. The van der Waals surface area contributed by atoms with Crippen LogP contribution in [-0.2, 0) is 19.2 Å². The summed E-state index contributed by atoms with van der Waals surface area (Å²) in [6, 6.07) is 8.20. The van der Waals surface area contributed by atoms with Gasteiger partial charge in [0.1, 0.15) is 11.4 Å². The van der Waals surface area contributed by atoms with Crippen molar-refractivity contribution in [3.05, 3.63) is 48.2 Å². The summed E-state index contributed by atoms with van der Waals surface area (Å²) in [5.74, 6) is 1.71. The van der Waals surface area contributed by atoms with Gasteiger partial charge in [-0.05, 0) is 12.0 Å². The van der Waals surface area contributed by atoms with Crippen LogP contribution < -0.4 is 0 Å². The molecule has 7 nitrogen and oxygen atoms in total. The van der Waals surface area contributed by atoms with Crippen molar-refractivity contribution < 1.29 is 4.52 Å². The van der Waals surface area contributed by atoms with Crippen LogP contribution in [0.15, 0.2) is 46.3 Å². The molecular formula is C17H16N6OS. The minimum atomic E-state index is 0.543. The van der Waals surface area contributed by atoms with Gasteiger partial charge in [0.25, 0.3) is 0 Å². The number of hydrogen-bond donors (Lipinski definition) is 0. The summed E-state index contributed by atoms with van der Waals surface area (Å²) in [4.78, 5) is 13.0. The van der Waals surface area contributed by atoms with Crippen LogP contribution in [0.4, 0.5) is 0 Å². The Morgan fingerprint density at radius 3 is 2.80 bits per heavy atom. The highest BCUT2D eigenvalue weighted by molar-refractivity contribution is 7.98. The monoisotopic (exact) mass is 352 g/mol. The third kappa shape index (κ3) is 3.12. The molecule has 3 heterocycles. The molecule has 0 N–H and O–H groups in total. The summed E-state index contributed by atoms with van der Waals surface area (Å²) >= 11 is 1.53. The Bertz CT molecular complexity index is 1010. The summed E-state index contributed by atoms with van der Waals surface area (Å²) in [6.45, 7) is 2.13. The average molecular weight is 352 g/mol. The second kappa shape index (κ2) is 6.64. The lowest BCUT2D eigenvalue weighted by Crippen LogP contribution is -1.93. The highest BCUT2D eigenvalue weighted by Gasteiger charge is 2.12. The number of benzene rings is 1. The van der Waals surface area contributed by atoms with Crippen molar-refractivity contribution in [1.82, 2.24) is 29.9 Å². The summed E-state index contributed by atoms with van der Waals surface area (Å²) < 4.78 is 7.10. The first kappa shape index (κ1) is 15.8. The lowest BCUT2D eigenvalue weighted by Gasteiger charge is -1.99. The Morgan fingerprint density at radius 1 is 1.16 bits per heavy atom. The summed E-state index contributed by atoms with van der Waals surface area (Å²) in [5.41, 5.74) is 3.04. The molecule has 0 aliphatic carbocycles. The van der Waals surface area contributed by atoms with Crippen LogP contribution in [0.3, 0.4) is 0 Å². The Hall–Kier alpha value is -2.74. The van der Waals surface area contributed by atoms with E-state index in [-0.39, 0.29) is 0 Å². The van der Waals surface area contributed by atoms with E-state index in [1.807, 2.05) is 19.2 Å². The molecule has 0 saturated carbocycles. The smallest absolute Gasteiger partial charge is 0.237 e. The fourth-order valence-corrected chi connectivity index (χ4v) is 3.30. The summed E-state index contributed by atoms with van der Waals surface area (Å²) in [7, 11) is 1.86. The Balaban J connectivity index is 1.51. The maximum Gasteiger partial charge on any atom is 0.237 e. The third-order valence-corrected chi connectivity index (χ3v) is 4.90. The lowest BCUT2D eigenvalue weighted by atomic mass is 10.1. The van der Waals surface area contributed by atoms with Gasteiger partial charge in [0.2, 0.25) is 11.7 Å². The topological polar surface area (TPSA) is 82.5 Å². The van der Waals surface area contributed by atoms with Crippen LogP contribution in [0.5, 0.6) is 0 Å². The van der Waals surface area contributed by atoms with Crippen molar-refractivity contribution in [1.29, 1.82) is 0 Å². The molecule has 4 aromatic rings. The van der Waals surface area contributed by atoms with Gasteiger partial charge < -0.3 is 4.52 Å². The fraction of sp³-hybridized carbons (Fsp3) is 0.235. The lowest BCUT2D eigenvalue weighted by molar-refractivity contribution is 0.391. The number of hydrogen-bond acceptors (Lipinski definition) is 7. The molecule has 126 valence electrons. The van der Waals surface area contributed by atoms with E-state index in [0.717, 1.165) is 28.0 Å². The van der Waals surface area contributed by atoms with Crippen molar-refractivity contribution in [3.63, 3.8) is 0 Å². The van der Waals surface area contributed by atoms with E-state index in [0.29, 0.717) is 17.5 Å². The van der Waals surface area contributed by atoms with Gasteiger partial charge in [0.15, 0.2) is 5.65 Å². The van der Waals surface area contributed by atoms with Crippen molar-refractivity contribution in [2.24, 2.45) is 7.05 Å². The molecule has 0 amide bonds. The fourth-order valence-electron chi connectivity index (χ4n) is 2.51. The second-order valence-corrected chi connectivity index (χ2v) is 6.50. The van der Waals surface area contributed by atoms with E-state index in [4.69, 9.17) is 4.52 Å². The van der Waals surface area contributed by atoms with Crippen LogP contribution in [0.2, 0.25) is 0 Å². The predicted molar refractivity (Wildman–Crippen MR) is 95.0 cm³/mol. The van der Waals surface area contributed by atoms with E-state index in [1.54, 1.807) is 17.2 Å². The zero-order chi connectivity index (χ0) is 17.2. The molecular weight excluding hydrogens is 336 g/mol. The molecule has 0 unspecified atom stereocenters. The van der Waals surface area contributed by atoms with Gasteiger partial charge >= 0.3 is 0 Å². The molecule has 25 heavy (non-hydrogen) atoms. The molecule has 3 aromatic heterocycles. The van der Waals surface area contributed by atoms with Gasteiger partial charge in [0.05, 0.1) is 17.3 Å². The Labute approximate surface area is 148 Å². The molecule has 4 rings (SSSR count). The highest BCUT2D eigenvalue weighted by Crippen LogP contribution is 2.27. The van der Waals surface area contributed by atoms with Crippen molar-refractivity contribution >= 4 is 22.8 Å². The number of aromatic nitrogens is 6. The first-order chi connectivity index (χ1) is 12.2. The van der Waals surface area contributed by atoms with Crippen LogP contribution in [-0.4, -0.2) is 29.9 Å². The number of aryl methyl sites for hydroxylation is 2. The highest BCUT2D eigenvalue weighted by atomic mass is 32.2. The zero-order valence-electron chi connectivity index (χ0n) is 13.9. The average Bonchev–Trinajstić information content (AvgIpc) is 3.28. The number of fused-ring (bicyclic) bond motifs is 1. The van der Waals surface area contributed by atoms with E-state index in [2.05, 4.69) is 44.3 Å². The first-order valence-electron chi connectivity index (χ1n) is 7.92. The Morgan fingerprint density at radius 2 is 2.00 bits per heavy atom. The van der Waals surface area contributed by atoms with Gasteiger partial charge in [-0.2, -0.15) is 10.1 Å².